The lowest BCUT2D eigenvalue weighted by molar-refractivity contribution is -0.118. The molecule has 1 aliphatic heterocycles. The highest BCUT2D eigenvalue weighted by atomic mass is 16.5. The molecule has 0 saturated carbocycles. The molecule has 0 bridgehead atoms. The van der Waals surface area contributed by atoms with Crippen LogP contribution < -0.4 is 10.1 Å². The van der Waals surface area contributed by atoms with Crippen LogP contribution in [0.3, 0.4) is 0 Å². The van der Waals surface area contributed by atoms with E-state index >= 15 is 0 Å². The molecule has 4 rings (SSSR count). The molecule has 0 radical (unpaired) electrons. The Morgan fingerprint density at radius 3 is 2.62 bits per heavy atom. The van der Waals surface area contributed by atoms with E-state index in [1.54, 1.807) is 4.68 Å². The summed E-state index contributed by atoms with van der Waals surface area (Å²) in [5, 5.41) is 14.9. The Kier molecular flexibility index (Phi) is 5.07. The second-order valence-electron chi connectivity index (χ2n) is 6.91. The van der Waals surface area contributed by atoms with Crippen molar-refractivity contribution >= 4 is 23.3 Å². The summed E-state index contributed by atoms with van der Waals surface area (Å²) in [6, 6.07) is 14.9. The smallest absolute Gasteiger partial charge is 0.269 e. The molecule has 1 aromatic heterocycles. The molecular formula is C21H22N6O2. The average Bonchev–Trinajstić information content (AvgIpc) is 3.17. The van der Waals surface area contributed by atoms with Gasteiger partial charge in [-0.1, -0.05) is 35.4 Å². The van der Waals surface area contributed by atoms with Gasteiger partial charge in [-0.2, -0.15) is 0 Å². The summed E-state index contributed by atoms with van der Waals surface area (Å²) < 4.78 is 7.14. The first-order chi connectivity index (χ1) is 14.1. The van der Waals surface area contributed by atoms with Gasteiger partial charge in [0, 0.05) is 11.4 Å². The van der Waals surface area contributed by atoms with Crippen molar-refractivity contribution in [3.63, 3.8) is 0 Å². The van der Waals surface area contributed by atoms with Crippen molar-refractivity contribution in [1.82, 2.24) is 20.2 Å². The lowest BCUT2D eigenvalue weighted by Gasteiger charge is -2.30. The van der Waals surface area contributed by atoms with E-state index in [2.05, 4.69) is 25.8 Å². The van der Waals surface area contributed by atoms with E-state index in [9.17, 15) is 4.79 Å². The summed E-state index contributed by atoms with van der Waals surface area (Å²) in [5.41, 5.74) is 3.34. The van der Waals surface area contributed by atoms with Gasteiger partial charge in [0.2, 0.25) is 5.91 Å². The zero-order valence-electron chi connectivity index (χ0n) is 16.5. The molecule has 1 N–H and O–H groups in total. The van der Waals surface area contributed by atoms with Crippen molar-refractivity contribution in [2.75, 3.05) is 11.9 Å². The molecule has 0 spiro atoms. The molecule has 29 heavy (non-hydrogen) atoms. The highest BCUT2D eigenvalue weighted by Crippen LogP contribution is 2.36. The topological polar surface area (TPSA) is 94.3 Å². The third-order valence-corrected chi connectivity index (χ3v) is 5.00. The third kappa shape index (κ3) is 3.61. The fourth-order valence-corrected chi connectivity index (χ4v) is 3.56. The second-order valence-corrected chi connectivity index (χ2v) is 6.91. The van der Waals surface area contributed by atoms with Crippen molar-refractivity contribution in [3.8, 4) is 5.75 Å². The van der Waals surface area contributed by atoms with Gasteiger partial charge in [-0.25, -0.2) is 9.67 Å². The van der Waals surface area contributed by atoms with Gasteiger partial charge in [0.15, 0.2) is 0 Å². The lowest BCUT2D eigenvalue weighted by atomic mass is 9.87. The van der Waals surface area contributed by atoms with Gasteiger partial charge >= 0.3 is 0 Å². The number of hydrogen-bond donors (Lipinski definition) is 1. The number of aliphatic imine (C=N–C) groups is 1. The Morgan fingerprint density at radius 2 is 1.90 bits per heavy atom. The maximum Gasteiger partial charge on any atom is 0.269 e. The molecule has 0 saturated heterocycles. The summed E-state index contributed by atoms with van der Waals surface area (Å²) in [6.07, 6.45) is 0. The van der Waals surface area contributed by atoms with Crippen LogP contribution in [0.25, 0.3) is 0 Å². The standard InChI is InChI=1S/C21H22N6O2/c1-4-29-16-11-9-15(10-12-16)19-18(14(3)22-21-24-25-26-27(19)21)20(28)23-17-8-6-5-7-13(17)2/h5-12,18-19H,4H2,1-3H3,(H,23,28). The van der Waals surface area contributed by atoms with Crippen molar-refractivity contribution in [3.05, 3.63) is 59.7 Å². The van der Waals surface area contributed by atoms with E-state index in [1.165, 1.54) is 0 Å². The molecule has 0 aliphatic carbocycles. The minimum atomic E-state index is -0.552. The number of nitrogens with one attached hydrogen (secondary N) is 1. The molecule has 8 heteroatoms. The molecular weight excluding hydrogens is 368 g/mol. The van der Waals surface area contributed by atoms with Gasteiger partial charge in [-0.15, -0.1) is 0 Å². The molecule has 1 amide bonds. The van der Waals surface area contributed by atoms with Crippen molar-refractivity contribution in [2.45, 2.75) is 26.8 Å². The fourth-order valence-electron chi connectivity index (χ4n) is 3.56. The van der Waals surface area contributed by atoms with Gasteiger partial charge in [0.05, 0.1) is 12.6 Å². The van der Waals surface area contributed by atoms with Crippen LogP contribution in [0.15, 0.2) is 53.5 Å². The number of benzene rings is 2. The molecule has 8 nitrogen and oxygen atoms in total. The normalized spacial score (nSPS) is 18.0. The number of fused-ring (bicyclic) bond motifs is 1. The fraction of sp³-hybridized carbons (Fsp3) is 0.286. The number of carbonyl (C=O) groups excluding carboxylic acids is 1. The Balaban J connectivity index is 1.72. The van der Waals surface area contributed by atoms with Crippen LogP contribution >= 0.6 is 0 Å². The number of rotatable bonds is 5. The van der Waals surface area contributed by atoms with E-state index in [-0.39, 0.29) is 5.91 Å². The van der Waals surface area contributed by atoms with E-state index in [0.29, 0.717) is 18.3 Å². The minimum absolute atomic E-state index is 0.152. The van der Waals surface area contributed by atoms with Crippen molar-refractivity contribution in [2.24, 2.45) is 10.9 Å². The number of hydrogen-bond acceptors (Lipinski definition) is 6. The van der Waals surface area contributed by atoms with Crippen molar-refractivity contribution < 1.29 is 9.53 Å². The lowest BCUT2D eigenvalue weighted by Crippen LogP contribution is -2.39. The minimum Gasteiger partial charge on any atom is -0.494 e. The molecule has 2 aromatic carbocycles. The van der Waals surface area contributed by atoms with Crippen LogP contribution in [0.2, 0.25) is 0 Å². The summed E-state index contributed by atoms with van der Waals surface area (Å²) in [5.74, 6) is 0.459. The predicted octanol–water partition coefficient (Wildman–Crippen LogP) is 3.33. The first kappa shape index (κ1) is 18.8. The molecule has 2 atom stereocenters. The second kappa shape index (κ2) is 7.83. The number of aromatic nitrogens is 4. The number of nitrogens with zero attached hydrogens (tertiary/aromatic N) is 5. The SMILES string of the molecule is CCOc1ccc(C2C(C(=O)Nc3ccccc3C)C(C)=Nc3nnnn32)cc1. The first-order valence-corrected chi connectivity index (χ1v) is 9.50. The Hall–Kier alpha value is -3.55. The van der Waals surface area contributed by atoms with E-state index < -0.39 is 12.0 Å². The first-order valence-electron chi connectivity index (χ1n) is 9.50. The van der Waals surface area contributed by atoms with Crippen LogP contribution in [-0.4, -0.2) is 38.4 Å². The van der Waals surface area contributed by atoms with Crippen molar-refractivity contribution in [1.29, 1.82) is 0 Å². The molecule has 3 aromatic rings. The number of para-hydroxylation sites is 1. The van der Waals surface area contributed by atoms with E-state index in [4.69, 9.17) is 4.74 Å². The zero-order valence-corrected chi connectivity index (χ0v) is 16.5. The van der Waals surface area contributed by atoms with Crippen LogP contribution in [0.1, 0.15) is 31.0 Å². The number of carbonyl (C=O) groups is 1. The maximum absolute atomic E-state index is 13.3. The molecule has 2 unspecified atom stereocenters. The largest absolute Gasteiger partial charge is 0.494 e. The Labute approximate surface area is 168 Å². The van der Waals surface area contributed by atoms with Gasteiger partial charge in [-0.3, -0.25) is 4.79 Å². The number of aryl methyl sites for hydroxylation is 1. The third-order valence-electron chi connectivity index (χ3n) is 5.00. The van der Waals surface area contributed by atoms with E-state index in [1.807, 2.05) is 69.3 Å². The summed E-state index contributed by atoms with van der Waals surface area (Å²) >= 11 is 0. The highest BCUT2D eigenvalue weighted by Gasteiger charge is 2.39. The van der Waals surface area contributed by atoms with Crippen LogP contribution in [-0.2, 0) is 4.79 Å². The van der Waals surface area contributed by atoms with Crippen LogP contribution in [0.5, 0.6) is 5.75 Å². The molecule has 1 aliphatic rings. The average molecular weight is 390 g/mol. The number of ether oxygens (including phenoxy) is 1. The van der Waals surface area contributed by atoms with Crippen LogP contribution in [0, 0.1) is 12.8 Å². The van der Waals surface area contributed by atoms with Gasteiger partial charge in [0.25, 0.3) is 5.95 Å². The molecule has 2 heterocycles. The summed E-state index contributed by atoms with van der Waals surface area (Å²) in [6.45, 7) is 6.32. The summed E-state index contributed by atoms with van der Waals surface area (Å²) in [7, 11) is 0. The zero-order chi connectivity index (χ0) is 20.4. The Morgan fingerprint density at radius 1 is 1.14 bits per heavy atom. The monoisotopic (exact) mass is 390 g/mol. The molecule has 0 fully saturated rings. The maximum atomic E-state index is 13.3. The van der Waals surface area contributed by atoms with Gasteiger partial charge < -0.3 is 10.1 Å². The number of amides is 1. The van der Waals surface area contributed by atoms with E-state index in [0.717, 1.165) is 22.6 Å². The number of anilines is 1. The number of tetrazole rings is 1. The van der Waals surface area contributed by atoms with Crippen LogP contribution in [0.4, 0.5) is 11.6 Å². The highest BCUT2D eigenvalue weighted by molar-refractivity contribution is 6.10. The van der Waals surface area contributed by atoms with Gasteiger partial charge in [0.1, 0.15) is 11.7 Å². The molecule has 148 valence electrons. The predicted molar refractivity (Wildman–Crippen MR) is 110 cm³/mol. The Bertz CT molecular complexity index is 1060. The summed E-state index contributed by atoms with van der Waals surface area (Å²) in [4.78, 5) is 17.8. The van der Waals surface area contributed by atoms with Gasteiger partial charge in [-0.05, 0) is 60.5 Å². The quantitative estimate of drug-likeness (QED) is 0.721.